The van der Waals surface area contributed by atoms with Crippen molar-refractivity contribution in [2.75, 3.05) is 0 Å². The number of allylic oxidation sites excluding steroid dienone is 1. The maximum atomic E-state index is 5.04. The van der Waals surface area contributed by atoms with E-state index < -0.39 is 0 Å². The van der Waals surface area contributed by atoms with E-state index >= 15 is 0 Å². The van der Waals surface area contributed by atoms with Gasteiger partial charge in [0.25, 0.3) is 0 Å². The van der Waals surface area contributed by atoms with Crippen molar-refractivity contribution in [3.63, 3.8) is 0 Å². The summed E-state index contributed by atoms with van der Waals surface area (Å²) >= 11 is 0. The zero-order valence-electron chi connectivity index (χ0n) is 31.5. The molecule has 0 saturated heterocycles. The minimum atomic E-state index is 0.679. The predicted molar refractivity (Wildman–Crippen MR) is 240 cm³/mol. The van der Waals surface area contributed by atoms with Gasteiger partial charge in [0, 0.05) is 50.4 Å². The van der Waals surface area contributed by atoms with E-state index in [-0.39, 0.29) is 0 Å². The largest absolute Gasteiger partial charge is 0.309 e. The van der Waals surface area contributed by atoms with E-state index in [1.165, 1.54) is 44.1 Å². The fraction of sp³-hybridized carbons (Fsp3) is 0.0189. The third-order valence-electron chi connectivity index (χ3n) is 11.0. The first kappa shape index (κ1) is 34.0. The van der Waals surface area contributed by atoms with E-state index in [1.807, 2.05) is 24.4 Å². The molecule has 57 heavy (non-hydrogen) atoms. The van der Waals surface area contributed by atoms with Crippen LogP contribution >= 0.6 is 0 Å². The first-order valence-corrected chi connectivity index (χ1v) is 19.3. The van der Waals surface area contributed by atoms with Crippen LogP contribution in [0.3, 0.4) is 0 Å². The zero-order chi connectivity index (χ0) is 38.3. The Balaban J connectivity index is 1.03. The number of hydrogen-bond acceptors (Lipinski definition) is 2. The summed E-state index contributed by atoms with van der Waals surface area (Å²) in [5, 5.41) is 3.64. The molecule has 0 radical (unpaired) electrons. The molecule has 0 unspecified atom stereocenters. The molecule has 0 aliphatic carbocycles. The molecule has 0 aliphatic heterocycles. The monoisotopic (exact) mass is 730 g/mol. The molecule has 0 spiro atoms. The highest BCUT2D eigenvalue weighted by Crippen LogP contribution is 2.37. The van der Waals surface area contributed by atoms with E-state index in [0.29, 0.717) is 5.82 Å². The van der Waals surface area contributed by atoms with Crippen molar-refractivity contribution >= 4 is 50.4 Å². The van der Waals surface area contributed by atoms with Crippen LogP contribution in [0.1, 0.15) is 23.7 Å². The van der Waals surface area contributed by atoms with Gasteiger partial charge in [0.1, 0.15) is 0 Å². The number of rotatable bonds is 8. The molecule has 10 rings (SSSR count). The molecule has 7 aromatic carbocycles. The van der Waals surface area contributed by atoms with Gasteiger partial charge in [-0.2, -0.15) is 0 Å². The molecule has 0 bridgehead atoms. The fourth-order valence-corrected chi connectivity index (χ4v) is 8.20. The molecule has 3 aromatic heterocycles. The number of aromatic nitrogens is 4. The quantitative estimate of drug-likeness (QED) is 0.156. The fourth-order valence-electron chi connectivity index (χ4n) is 8.20. The van der Waals surface area contributed by atoms with Crippen LogP contribution in [0.5, 0.6) is 0 Å². The van der Waals surface area contributed by atoms with E-state index in [0.717, 1.165) is 50.4 Å². The summed E-state index contributed by atoms with van der Waals surface area (Å²) in [6.45, 7) is 6.54. The van der Waals surface area contributed by atoms with E-state index in [2.05, 4.69) is 199 Å². The summed E-state index contributed by atoms with van der Waals surface area (Å²) in [6.07, 6.45) is 6.13. The van der Waals surface area contributed by atoms with Crippen molar-refractivity contribution in [1.29, 1.82) is 0 Å². The molecular formula is C53H38N4. The van der Waals surface area contributed by atoms with Crippen molar-refractivity contribution in [1.82, 2.24) is 19.1 Å². The molecule has 0 fully saturated rings. The second-order valence-corrected chi connectivity index (χ2v) is 14.4. The molecule has 0 saturated carbocycles. The van der Waals surface area contributed by atoms with Crippen molar-refractivity contribution in [2.24, 2.45) is 0 Å². The lowest BCUT2D eigenvalue weighted by atomic mass is 10.0. The molecule has 270 valence electrons. The Kier molecular flexibility index (Phi) is 8.50. The van der Waals surface area contributed by atoms with Crippen LogP contribution in [-0.2, 0) is 0 Å². The van der Waals surface area contributed by atoms with Gasteiger partial charge in [0.15, 0.2) is 5.82 Å². The number of para-hydroxylation sites is 3. The van der Waals surface area contributed by atoms with E-state index in [1.54, 1.807) is 0 Å². The van der Waals surface area contributed by atoms with Gasteiger partial charge in [-0.3, -0.25) is 0 Å². The van der Waals surface area contributed by atoms with Gasteiger partial charge in [-0.25, -0.2) is 9.97 Å². The number of nitrogens with zero attached hydrogens (tertiary/aromatic N) is 4. The van der Waals surface area contributed by atoms with Crippen LogP contribution in [0, 0.1) is 0 Å². The minimum absolute atomic E-state index is 0.679. The topological polar surface area (TPSA) is 35.6 Å². The van der Waals surface area contributed by atoms with Gasteiger partial charge in [-0.05, 0) is 95.9 Å². The van der Waals surface area contributed by atoms with Crippen LogP contribution in [0.2, 0.25) is 0 Å². The van der Waals surface area contributed by atoms with E-state index in [9.17, 15) is 0 Å². The average molecular weight is 731 g/mol. The van der Waals surface area contributed by atoms with Gasteiger partial charge in [-0.15, -0.1) is 0 Å². The van der Waals surface area contributed by atoms with Gasteiger partial charge >= 0.3 is 0 Å². The number of fused-ring (bicyclic) bond motifs is 4. The van der Waals surface area contributed by atoms with Gasteiger partial charge in [-0.1, -0.05) is 134 Å². The number of benzene rings is 7. The van der Waals surface area contributed by atoms with Crippen LogP contribution < -0.4 is 0 Å². The number of hydrogen-bond donors (Lipinski definition) is 0. The third kappa shape index (κ3) is 6.05. The standard InChI is InChI=1S/C53H38N4/c1-3-49-46(33-36(2)40-29-30-52-47(35-40)45-22-11-12-23-50(45)56(52)42-18-8-5-9-19-42)44-21-10-13-24-51(44)57(49)43-20-14-17-41(34-43)53-54-32-31-48(55-53)39-27-25-38(26-28-39)37-15-6-4-7-16-37/h3-35H,1H2,2H3/b36-33+. The molecule has 10 aromatic rings. The van der Waals surface area contributed by atoms with Crippen LogP contribution in [0.4, 0.5) is 0 Å². The Hall–Kier alpha value is -7.56. The predicted octanol–water partition coefficient (Wildman–Crippen LogP) is 13.7. The Morgan fingerprint density at radius 3 is 1.89 bits per heavy atom. The smallest absolute Gasteiger partial charge is 0.159 e. The van der Waals surface area contributed by atoms with Crippen LogP contribution in [0.25, 0.3) is 95.6 Å². The Bertz CT molecular complexity index is 3130. The second kappa shape index (κ2) is 14.3. The highest BCUT2D eigenvalue weighted by atomic mass is 15.0. The maximum Gasteiger partial charge on any atom is 0.159 e. The molecule has 4 heteroatoms. The highest BCUT2D eigenvalue weighted by molar-refractivity contribution is 6.10. The van der Waals surface area contributed by atoms with Crippen LogP contribution in [0.15, 0.2) is 195 Å². The molecule has 0 aliphatic rings. The lowest BCUT2D eigenvalue weighted by Gasteiger charge is -2.12. The SMILES string of the molecule is C=Cc1c(/C=C(\C)c2ccc3c(c2)c2ccccc2n3-c2ccccc2)c2ccccc2n1-c1cccc(-c2nccc(-c3ccc(-c4ccccc4)cc3)n2)c1. The summed E-state index contributed by atoms with van der Waals surface area (Å²) in [5.41, 5.74) is 15.4. The summed E-state index contributed by atoms with van der Waals surface area (Å²) in [6, 6.07) is 64.1. The summed E-state index contributed by atoms with van der Waals surface area (Å²) in [7, 11) is 0. The van der Waals surface area contributed by atoms with Gasteiger partial charge in [0.05, 0.1) is 27.9 Å². The average Bonchev–Trinajstić information content (AvgIpc) is 3.79. The summed E-state index contributed by atoms with van der Waals surface area (Å²) in [4.78, 5) is 9.77. The zero-order valence-corrected chi connectivity index (χ0v) is 31.5. The molecule has 0 N–H and O–H groups in total. The lowest BCUT2D eigenvalue weighted by molar-refractivity contribution is 1.10. The first-order valence-electron chi connectivity index (χ1n) is 19.3. The Morgan fingerprint density at radius 2 is 1.12 bits per heavy atom. The Labute approximate surface area is 332 Å². The van der Waals surface area contributed by atoms with E-state index in [4.69, 9.17) is 9.97 Å². The second-order valence-electron chi connectivity index (χ2n) is 14.4. The van der Waals surface area contributed by atoms with Gasteiger partial charge < -0.3 is 9.13 Å². The molecule has 0 amide bonds. The molecule has 3 heterocycles. The normalized spacial score (nSPS) is 11.8. The maximum absolute atomic E-state index is 5.04. The lowest BCUT2D eigenvalue weighted by Crippen LogP contribution is -1.98. The van der Waals surface area contributed by atoms with Gasteiger partial charge in [0.2, 0.25) is 0 Å². The Morgan fingerprint density at radius 1 is 0.509 bits per heavy atom. The van der Waals surface area contributed by atoms with Crippen molar-refractivity contribution < 1.29 is 0 Å². The highest BCUT2D eigenvalue weighted by Gasteiger charge is 2.18. The summed E-state index contributed by atoms with van der Waals surface area (Å²) in [5.74, 6) is 0.679. The van der Waals surface area contributed by atoms with Crippen molar-refractivity contribution in [3.8, 4) is 45.1 Å². The first-order chi connectivity index (χ1) is 28.1. The summed E-state index contributed by atoms with van der Waals surface area (Å²) < 4.78 is 4.66. The molecular weight excluding hydrogens is 693 g/mol. The third-order valence-corrected chi connectivity index (χ3v) is 11.0. The molecule has 0 atom stereocenters. The van der Waals surface area contributed by atoms with Crippen molar-refractivity contribution in [2.45, 2.75) is 6.92 Å². The minimum Gasteiger partial charge on any atom is -0.309 e. The van der Waals surface area contributed by atoms with Crippen molar-refractivity contribution in [3.05, 3.63) is 212 Å². The molecule has 4 nitrogen and oxygen atoms in total. The van der Waals surface area contributed by atoms with Crippen LogP contribution in [-0.4, -0.2) is 19.1 Å².